The Morgan fingerprint density at radius 3 is 2.94 bits per heavy atom. The molecule has 1 N–H and O–H groups in total. The van der Waals surface area contributed by atoms with E-state index < -0.39 is 6.10 Å². The number of ether oxygens (including phenoxy) is 1. The van der Waals surface area contributed by atoms with Crippen LogP contribution in [0, 0.1) is 18.3 Å². The van der Waals surface area contributed by atoms with Crippen LogP contribution in [0.5, 0.6) is 5.75 Å². The van der Waals surface area contributed by atoms with Gasteiger partial charge >= 0.3 is 0 Å². The summed E-state index contributed by atoms with van der Waals surface area (Å²) in [6.07, 6.45) is -0.0175. The molecule has 86 valence electrons. The summed E-state index contributed by atoms with van der Waals surface area (Å²) in [7, 11) is 0. The van der Waals surface area contributed by atoms with E-state index in [1.165, 1.54) is 0 Å². The van der Waals surface area contributed by atoms with E-state index in [1.807, 2.05) is 19.1 Å². The zero-order valence-corrected chi connectivity index (χ0v) is 9.87. The molecule has 0 fully saturated rings. The van der Waals surface area contributed by atoms with Gasteiger partial charge in [-0.25, -0.2) is 0 Å². The molecule has 0 saturated heterocycles. The maximum absolute atomic E-state index is 9.32. The first-order chi connectivity index (χ1) is 7.63. The average molecular weight is 240 g/mol. The Balaban J connectivity index is 2.41. The quantitative estimate of drug-likeness (QED) is 0.860. The van der Waals surface area contributed by atoms with Gasteiger partial charge in [0, 0.05) is 11.4 Å². The highest BCUT2D eigenvalue weighted by molar-refractivity contribution is 6.30. The standard InChI is InChI=1S/C12H14ClNO2/c1-9-8-10(13)2-3-12(9)16-7-5-11(15)4-6-14/h2-3,8,11,15H,4-5,7H2,1H3. The molecule has 0 aliphatic rings. The number of rotatable bonds is 5. The Hall–Kier alpha value is -1.24. The van der Waals surface area contributed by atoms with Crippen LogP contribution in [0.25, 0.3) is 0 Å². The normalized spacial score (nSPS) is 11.9. The van der Waals surface area contributed by atoms with Crippen molar-refractivity contribution >= 4 is 11.6 Å². The van der Waals surface area contributed by atoms with E-state index in [4.69, 9.17) is 21.6 Å². The molecule has 0 bridgehead atoms. The summed E-state index contributed by atoms with van der Waals surface area (Å²) in [5.74, 6) is 0.758. The topological polar surface area (TPSA) is 53.2 Å². The maximum atomic E-state index is 9.32. The first-order valence-corrected chi connectivity index (χ1v) is 5.45. The minimum Gasteiger partial charge on any atom is -0.493 e. The Labute approximate surface area is 100 Å². The second kappa shape index (κ2) is 6.37. The Bertz CT molecular complexity index is 387. The third-order valence-electron chi connectivity index (χ3n) is 2.17. The number of nitrogens with zero attached hydrogens (tertiary/aromatic N) is 1. The van der Waals surface area contributed by atoms with Crippen LogP contribution in [0.3, 0.4) is 0 Å². The number of hydrogen-bond acceptors (Lipinski definition) is 3. The predicted octanol–water partition coefficient (Wildman–Crippen LogP) is 2.69. The third-order valence-corrected chi connectivity index (χ3v) is 2.41. The largest absolute Gasteiger partial charge is 0.493 e. The van der Waals surface area contributed by atoms with Gasteiger partial charge in [-0.3, -0.25) is 0 Å². The van der Waals surface area contributed by atoms with Crippen molar-refractivity contribution in [3.8, 4) is 11.8 Å². The summed E-state index contributed by atoms with van der Waals surface area (Å²) in [6, 6.07) is 7.29. The van der Waals surface area contributed by atoms with E-state index >= 15 is 0 Å². The summed E-state index contributed by atoms with van der Waals surface area (Å²) < 4.78 is 5.48. The third kappa shape index (κ3) is 4.09. The van der Waals surface area contributed by atoms with Crippen molar-refractivity contribution in [3.63, 3.8) is 0 Å². The van der Waals surface area contributed by atoms with Gasteiger partial charge in [-0.15, -0.1) is 0 Å². The van der Waals surface area contributed by atoms with Gasteiger partial charge < -0.3 is 9.84 Å². The molecule has 0 aliphatic carbocycles. The van der Waals surface area contributed by atoms with Gasteiger partial charge in [-0.2, -0.15) is 5.26 Å². The van der Waals surface area contributed by atoms with Crippen LogP contribution in [0.4, 0.5) is 0 Å². The monoisotopic (exact) mass is 239 g/mol. The highest BCUT2D eigenvalue weighted by Gasteiger charge is 2.05. The summed E-state index contributed by atoms with van der Waals surface area (Å²) in [5, 5.41) is 18.4. The van der Waals surface area contributed by atoms with E-state index in [0.29, 0.717) is 18.1 Å². The van der Waals surface area contributed by atoms with E-state index in [2.05, 4.69) is 0 Å². The summed E-state index contributed by atoms with van der Waals surface area (Å²) in [6.45, 7) is 2.30. The highest BCUT2D eigenvalue weighted by atomic mass is 35.5. The van der Waals surface area contributed by atoms with Crippen LogP contribution in [0.15, 0.2) is 18.2 Å². The van der Waals surface area contributed by atoms with Crippen molar-refractivity contribution in [2.45, 2.75) is 25.9 Å². The van der Waals surface area contributed by atoms with Gasteiger partial charge in [-0.05, 0) is 30.7 Å². The smallest absolute Gasteiger partial charge is 0.122 e. The Morgan fingerprint density at radius 2 is 2.31 bits per heavy atom. The van der Waals surface area contributed by atoms with Crippen molar-refractivity contribution < 1.29 is 9.84 Å². The summed E-state index contributed by atoms with van der Waals surface area (Å²) in [5.41, 5.74) is 0.960. The lowest BCUT2D eigenvalue weighted by Crippen LogP contribution is -2.11. The molecule has 1 unspecified atom stereocenters. The number of benzene rings is 1. The molecule has 1 atom stereocenters. The predicted molar refractivity (Wildman–Crippen MR) is 62.5 cm³/mol. The number of halogens is 1. The minimum atomic E-state index is -0.613. The number of aliphatic hydroxyl groups excluding tert-OH is 1. The first kappa shape index (κ1) is 12.8. The Kier molecular flexibility index (Phi) is 5.10. The molecule has 0 amide bonds. The molecule has 0 aromatic heterocycles. The van der Waals surface area contributed by atoms with Gasteiger partial charge in [0.25, 0.3) is 0 Å². The van der Waals surface area contributed by atoms with E-state index in [9.17, 15) is 5.11 Å². The SMILES string of the molecule is Cc1cc(Cl)ccc1OCCC(O)CC#N. The van der Waals surface area contributed by atoms with E-state index in [-0.39, 0.29) is 6.42 Å². The number of aliphatic hydroxyl groups is 1. The molecule has 0 heterocycles. The lowest BCUT2D eigenvalue weighted by atomic mass is 10.2. The molecule has 0 saturated carbocycles. The molecule has 1 rings (SSSR count). The molecular weight excluding hydrogens is 226 g/mol. The second-order valence-corrected chi connectivity index (χ2v) is 4.00. The van der Waals surface area contributed by atoms with Crippen molar-refractivity contribution in [2.75, 3.05) is 6.61 Å². The number of aryl methyl sites for hydroxylation is 1. The van der Waals surface area contributed by atoms with Crippen LogP contribution in [0.1, 0.15) is 18.4 Å². The van der Waals surface area contributed by atoms with Crippen LogP contribution in [-0.4, -0.2) is 17.8 Å². The fraction of sp³-hybridized carbons (Fsp3) is 0.417. The lowest BCUT2D eigenvalue weighted by molar-refractivity contribution is 0.143. The highest BCUT2D eigenvalue weighted by Crippen LogP contribution is 2.21. The minimum absolute atomic E-state index is 0.142. The van der Waals surface area contributed by atoms with Crippen molar-refractivity contribution in [3.05, 3.63) is 28.8 Å². The van der Waals surface area contributed by atoms with Crippen molar-refractivity contribution in [2.24, 2.45) is 0 Å². The van der Waals surface area contributed by atoms with Gasteiger partial charge in [0.05, 0.1) is 25.2 Å². The molecular formula is C12H14ClNO2. The summed E-state index contributed by atoms with van der Waals surface area (Å²) in [4.78, 5) is 0. The van der Waals surface area contributed by atoms with Gasteiger partial charge in [0.2, 0.25) is 0 Å². The maximum Gasteiger partial charge on any atom is 0.122 e. The zero-order valence-electron chi connectivity index (χ0n) is 9.11. The summed E-state index contributed by atoms with van der Waals surface area (Å²) >= 11 is 5.81. The van der Waals surface area contributed by atoms with Gasteiger partial charge in [0.1, 0.15) is 5.75 Å². The molecule has 4 heteroatoms. The van der Waals surface area contributed by atoms with Crippen LogP contribution >= 0.6 is 11.6 Å². The van der Waals surface area contributed by atoms with E-state index in [1.54, 1.807) is 12.1 Å². The van der Waals surface area contributed by atoms with Crippen LogP contribution in [-0.2, 0) is 0 Å². The molecule has 0 radical (unpaired) electrons. The van der Waals surface area contributed by atoms with Gasteiger partial charge in [-0.1, -0.05) is 11.6 Å². The molecule has 0 spiro atoms. The van der Waals surface area contributed by atoms with E-state index in [0.717, 1.165) is 11.3 Å². The van der Waals surface area contributed by atoms with Crippen LogP contribution < -0.4 is 4.74 Å². The molecule has 1 aromatic rings. The molecule has 3 nitrogen and oxygen atoms in total. The number of hydrogen-bond donors (Lipinski definition) is 1. The molecule has 0 aliphatic heterocycles. The molecule has 16 heavy (non-hydrogen) atoms. The fourth-order valence-corrected chi connectivity index (χ4v) is 1.51. The fourth-order valence-electron chi connectivity index (χ4n) is 1.29. The second-order valence-electron chi connectivity index (χ2n) is 3.56. The van der Waals surface area contributed by atoms with Crippen LogP contribution in [0.2, 0.25) is 5.02 Å². The van der Waals surface area contributed by atoms with Crippen molar-refractivity contribution in [1.82, 2.24) is 0 Å². The first-order valence-electron chi connectivity index (χ1n) is 5.07. The number of nitriles is 1. The Morgan fingerprint density at radius 1 is 1.56 bits per heavy atom. The average Bonchev–Trinajstić information content (AvgIpc) is 2.22. The zero-order chi connectivity index (χ0) is 12.0. The molecule has 1 aromatic carbocycles. The van der Waals surface area contributed by atoms with Gasteiger partial charge in [0.15, 0.2) is 0 Å². The lowest BCUT2D eigenvalue weighted by Gasteiger charge is -2.10. The van der Waals surface area contributed by atoms with Crippen molar-refractivity contribution in [1.29, 1.82) is 5.26 Å².